The lowest BCUT2D eigenvalue weighted by Gasteiger charge is -2.21. The summed E-state index contributed by atoms with van der Waals surface area (Å²) >= 11 is 0. The molecule has 1 aliphatic heterocycles. The Labute approximate surface area is 204 Å². The third kappa shape index (κ3) is 7.17. The molecule has 9 nitrogen and oxygen atoms in total. The first-order chi connectivity index (χ1) is 16.8. The normalized spacial score (nSPS) is 17.0. The van der Waals surface area contributed by atoms with Crippen molar-refractivity contribution >= 4 is 11.9 Å². The molecule has 1 aliphatic carbocycles. The molecule has 4 rings (SSSR count). The van der Waals surface area contributed by atoms with E-state index in [1.54, 1.807) is 0 Å². The van der Waals surface area contributed by atoms with Crippen molar-refractivity contribution in [2.24, 2.45) is 0 Å². The fraction of sp³-hybridized carbons (Fsp3) is 0.462. The number of aryl methyl sites for hydroxylation is 1. The zero-order chi connectivity index (χ0) is 25.4. The van der Waals surface area contributed by atoms with Gasteiger partial charge in [0.25, 0.3) is 0 Å². The molecule has 35 heavy (non-hydrogen) atoms. The number of fused-ring (bicyclic) bond motifs is 1. The number of aliphatic carboxylic acids is 2. The molecule has 0 bridgehead atoms. The lowest BCUT2D eigenvalue weighted by molar-refractivity contribution is -0.165. The van der Waals surface area contributed by atoms with Crippen molar-refractivity contribution in [2.75, 3.05) is 26.2 Å². The van der Waals surface area contributed by atoms with E-state index in [0.717, 1.165) is 42.9 Å². The minimum atomic E-state index is -2.27. The van der Waals surface area contributed by atoms with Gasteiger partial charge in [-0.15, -0.1) is 0 Å². The molecule has 2 atom stereocenters. The average molecular weight is 488 g/mol. The number of carbonyl (C=O) groups is 2. The van der Waals surface area contributed by atoms with Crippen molar-refractivity contribution in [2.45, 2.75) is 50.7 Å². The van der Waals surface area contributed by atoms with Crippen molar-refractivity contribution in [3.63, 3.8) is 0 Å². The second-order valence-corrected chi connectivity index (χ2v) is 8.79. The molecule has 2 aliphatic rings. The minimum absolute atomic E-state index is 0.392. The molecule has 5 N–H and O–H groups in total. The molecule has 9 heteroatoms. The van der Waals surface area contributed by atoms with E-state index in [-0.39, 0.29) is 0 Å². The molecule has 0 saturated carbocycles. The second-order valence-electron chi connectivity index (χ2n) is 8.79. The molecule has 2 aromatic carbocycles. The highest BCUT2D eigenvalue weighted by Crippen LogP contribution is 2.38. The summed E-state index contributed by atoms with van der Waals surface area (Å²) in [5.41, 5.74) is 4.82. The number of ether oxygens (including phenoxy) is 1. The predicted octanol–water partition coefficient (Wildman–Crippen LogP) is 2.29. The Hall–Kier alpha value is -3.14. The standard InChI is InChI=1S/C22H27NO2.C4H6O6/c24-21-12-9-17-5-1-2-6-20(17)22(21)18-7-10-19(11-8-18)25-16-15-23-13-3-4-14-23;5-1(3(7)8)2(6)4(9)10/h7-12,24H,1-6,13-16H2;1-2,5-6H,(H,7,8)(H,9,10). The topological polar surface area (TPSA) is 148 Å². The van der Waals surface area contributed by atoms with Gasteiger partial charge >= 0.3 is 11.9 Å². The van der Waals surface area contributed by atoms with Crippen LogP contribution in [0.25, 0.3) is 11.1 Å². The highest BCUT2D eigenvalue weighted by molar-refractivity contribution is 5.83. The highest BCUT2D eigenvalue weighted by Gasteiger charge is 2.29. The first-order valence-electron chi connectivity index (χ1n) is 11.9. The molecular weight excluding hydrogens is 454 g/mol. The molecule has 190 valence electrons. The van der Waals surface area contributed by atoms with Crippen LogP contribution in [0.3, 0.4) is 0 Å². The Balaban J connectivity index is 0.000000292. The maximum atomic E-state index is 10.4. The zero-order valence-corrected chi connectivity index (χ0v) is 19.6. The fourth-order valence-corrected chi connectivity index (χ4v) is 4.42. The molecule has 0 radical (unpaired) electrons. The zero-order valence-electron chi connectivity index (χ0n) is 19.6. The number of hydrogen-bond acceptors (Lipinski definition) is 7. The Morgan fingerprint density at radius 1 is 0.857 bits per heavy atom. The second kappa shape index (κ2) is 12.5. The molecule has 1 fully saturated rings. The van der Waals surface area contributed by atoms with Crippen LogP contribution >= 0.6 is 0 Å². The summed E-state index contributed by atoms with van der Waals surface area (Å²) < 4.78 is 5.90. The Morgan fingerprint density at radius 3 is 2.06 bits per heavy atom. The van der Waals surface area contributed by atoms with Gasteiger partial charge in [0.05, 0.1) is 0 Å². The number of phenols is 1. The van der Waals surface area contributed by atoms with E-state index in [9.17, 15) is 14.7 Å². The number of carboxylic acid groups (broad SMARTS) is 2. The monoisotopic (exact) mass is 487 g/mol. The first-order valence-corrected chi connectivity index (χ1v) is 11.9. The predicted molar refractivity (Wildman–Crippen MR) is 129 cm³/mol. The lowest BCUT2D eigenvalue weighted by atomic mass is 9.85. The van der Waals surface area contributed by atoms with Crippen LogP contribution < -0.4 is 4.74 Å². The number of carboxylic acids is 2. The van der Waals surface area contributed by atoms with Gasteiger partial charge in [-0.3, -0.25) is 4.90 Å². The van der Waals surface area contributed by atoms with Gasteiger partial charge in [-0.1, -0.05) is 18.2 Å². The molecule has 0 aromatic heterocycles. The van der Waals surface area contributed by atoms with Crippen molar-refractivity contribution in [1.29, 1.82) is 0 Å². The number of aliphatic hydroxyl groups is 2. The summed E-state index contributed by atoms with van der Waals surface area (Å²) in [6.45, 7) is 4.17. The number of rotatable bonds is 8. The van der Waals surface area contributed by atoms with E-state index in [1.165, 1.54) is 49.9 Å². The summed E-state index contributed by atoms with van der Waals surface area (Å²) in [5, 5.41) is 42.9. The first kappa shape index (κ1) is 26.5. The van der Waals surface area contributed by atoms with Crippen LogP contribution in [-0.2, 0) is 22.4 Å². The van der Waals surface area contributed by atoms with E-state index in [0.29, 0.717) is 5.75 Å². The smallest absolute Gasteiger partial charge is 0.335 e. The molecular formula is C26H33NO8. The van der Waals surface area contributed by atoms with Crippen LogP contribution in [0.15, 0.2) is 36.4 Å². The molecule has 1 heterocycles. The van der Waals surface area contributed by atoms with Gasteiger partial charge in [0.2, 0.25) is 0 Å². The van der Waals surface area contributed by atoms with Gasteiger partial charge in [-0.05, 0) is 86.5 Å². The summed E-state index contributed by atoms with van der Waals surface area (Å²) in [7, 11) is 0. The van der Waals surface area contributed by atoms with Crippen LogP contribution in [0.5, 0.6) is 11.5 Å². The maximum absolute atomic E-state index is 10.4. The SMILES string of the molecule is O=C(O)C(O)C(O)C(=O)O.Oc1ccc2c(c1-c1ccc(OCCN3CCCC3)cc1)CCCC2. The molecule has 2 aromatic rings. The van der Waals surface area contributed by atoms with Gasteiger partial charge in [-0.25, -0.2) is 9.59 Å². The number of hydrogen-bond donors (Lipinski definition) is 5. The molecule has 1 saturated heterocycles. The summed E-state index contributed by atoms with van der Waals surface area (Å²) in [6.07, 6.45) is 2.75. The van der Waals surface area contributed by atoms with Crippen LogP contribution in [0.4, 0.5) is 0 Å². The fourth-order valence-electron chi connectivity index (χ4n) is 4.42. The molecule has 0 spiro atoms. The van der Waals surface area contributed by atoms with Crippen molar-refractivity contribution < 1.29 is 39.9 Å². The van der Waals surface area contributed by atoms with Gasteiger partial charge in [0.1, 0.15) is 18.1 Å². The number of aromatic hydroxyl groups is 1. The van der Waals surface area contributed by atoms with Crippen molar-refractivity contribution in [1.82, 2.24) is 4.90 Å². The summed E-state index contributed by atoms with van der Waals surface area (Å²) in [4.78, 5) is 22.0. The van der Waals surface area contributed by atoms with Gasteiger partial charge in [-0.2, -0.15) is 0 Å². The van der Waals surface area contributed by atoms with Crippen LogP contribution in [0.2, 0.25) is 0 Å². The van der Waals surface area contributed by atoms with E-state index in [4.69, 9.17) is 25.2 Å². The van der Waals surface area contributed by atoms with Crippen molar-refractivity contribution in [3.05, 3.63) is 47.5 Å². The average Bonchev–Trinajstić information content (AvgIpc) is 3.37. The number of nitrogens with zero attached hydrogens (tertiary/aromatic N) is 1. The van der Waals surface area contributed by atoms with Crippen LogP contribution in [0.1, 0.15) is 36.8 Å². The van der Waals surface area contributed by atoms with Gasteiger partial charge in [0.15, 0.2) is 12.2 Å². The van der Waals surface area contributed by atoms with E-state index < -0.39 is 24.1 Å². The van der Waals surface area contributed by atoms with Crippen LogP contribution in [-0.4, -0.2) is 80.8 Å². The summed E-state index contributed by atoms with van der Waals surface area (Å²) in [6, 6.07) is 12.1. The van der Waals surface area contributed by atoms with E-state index >= 15 is 0 Å². The summed E-state index contributed by atoms with van der Waals surface area (Å²) in [5.74, 6) is -2.24. The van der Waals surface area contributed by atoms with E-state index in [2.05, 4.69) is 23.1 Å². The third-order valence-electron chi connectivity index (χ3n) is 6.33. The number of aliphatic hydroxyl groups excluding tert-OH is 2. The Morgan fingerprint density at radius 2 is 1.46 bits per heavy atom. The Kier molecular flexibility index (Phi) is 9.47. The number of likely N-dealkylation sites (tertiary alicyclic amines) is 1. The Bertz CT molecular complexity index is 983. The van der Waals surface area contributed by atoms with Gasteiger partial charge in [0, 0.05) is 12.1 Å². The minimum Gasteiger partial charge on any atom is -0.507 e. The number of phenolic OH excluding ortho intramolecular Hbond substituents is 1. The maximum Gasteiger partial charge on any atom is 0.335 e. The molecule has 0 amide bonds. The van der Waals surface area contributed by atoms with Crippen molar-refractivity contribution in [3.8, 4) is 22.6 Å². The largest absolute Gasteiger partial charge is 0.507 e. The lowest BCUT2D eigenvalue weighted by Crippen LogP contribution is -2.39. The quantitative estimate of drug-likeness (QED) is 0.378. The highest BCUT2D eigenvalue weighted by atomic mass is 16.5. The molecule has 2 unspecified atom stereocenters. The van der Waals surface area contributed by atoms with Gasteiger partial charge < -0.3 is 30.3 Å². The number of benzene rings is 2. The third-order valence-corrected chi connectivity index (χ3v) is 6.33. The van der Waals surface area contributed by atoms with E-state index in [1.807, 2.05) is 18.2 Å². The van der Waals surface area contributed by atoms with Crippen LogP contribution in [0, 0.1) is 0 Å².